The predicted molar refractivity (Wildman–Crippen MR) is 86.7 cm³/mol. The zero-order valence-electron chi connectivity index (χ0n) is 13.1. The van der Waals surface area contributed by atoms with Crippen molar-refractivity contribution in [2.75, 3.05) is 5.32 Å². The average molecular weight is 281 g/mol. The molecule has 1 atom stereocenters. The van der Waals surface area contributed by atoms with Crippen LogP contribution in [-0.2, 0) is 12.8 Å². The Morgan fingerprint density at radius 1 is 1.14 bits per heavy atom. The minimum absolute atomic E-state index is 0.360. The zero-order valence-corrected chi connectivity index (χ0v) is 13.1. The van der Waals surface area contributed by atoms with Gasteiger partial charge in [-0.1, -0.05) is 39.0 Å². The highest BCUT2D eigenvalue weighted by atomic mass is 15.1. The molecule has 0 spiro atoms. The zero-order chi connectivity index (χ0) is 14.9. The Morgan fingerprint density at radius 2 is 1.90 bits per heavy atom. The van der Waals surface area contributed by atoms with Crippen molar-refractivity contribution in [1.82, 2.24) is 9.97 Å². The van der Waals surface area contributed by atoms with Crippen LogP contribution in [0.25, 0.3) is 0 Å². The van der Waals surface area contributed by atoms with Crippen LogP contribution in [0.2, 0.25) is 0 Å². The summed E-state index contributed by atoms with van der Waals surface area (Å²) in [6, 6.07) is 10.1. The van der Waals surface area contributed by atoms with Crippen molar-refractivity contribution >= 4 is 11.6 Å². The molecule has 0 fully saturated rings. The molecule has 1 aromatic heterocycles. The molecule has 2 aromatic rings. The number of hydrogen-bond acceptors (Lipinski definition) is 3. The highest BCUT2D eigenvalue weighted by molar-refractivity contribution is 5.52. The lowest BCUT2D eigenvalue weighted by Gasteiger charge is -2.34. The maximum absolute atomic E-state index is 4.70. The number of para-hydroxylation sites is 1. The van der Waals surface area contributed by atoms with Gasteiger partial charge in [0.1, 0.15) is 0 Å². The molecule has 0 amide bonds. The number of fused-ring (bicyclic) bond motifs is 1. The third-order valence-electron chi connectivity index (χ3n) is 4.40. The van der Waals surface area contributed by atoms with Crippen molar-refractivity contribution in [1.29, 1.82) is 0 Å². The summed E-state index contributed by atoms with van der Waals surface area (Å²) in [6.45, 7) is 6.98. The molecule has 3 nitrogen and oxygen atoms in total. The Hall–Kier alpha value is -1.90. The van der Waals surface area contributed by atoms with Gasteiger partial charge in [-0.3, -0.25) is 0 Å². The Bertz CT molecular complexity index is 614. The van der Waals surface area contributed by atoms with Crippen LogP contribution in [0.1, 0.15) is 38.4 Å². The fourth-order valence-electron chi connectivity index (χ4n) is 2.96. The number of rotatable bonds is 2. The van der Waals surface area contributed by atoms with Gasteiger partial charge in [0, 0.05) is 17.6 Å². The first-order valence-corrected chi connectivity index (χ1v) is 7.69. The largest absolute Gasteiger partial charge is 0.324 e. The molecule has 0 saturated carbocycles. The third-order valence-corrected chi connectivity index (χ3v) is 4.40. The summed E-state index contributed by atoms with van der Waals surface area (Å²) in [5.41, 5.74) is 3.92. The fraction of sp³-hybridized carbons (Fsp3) is 0.444. The van der Waals surface area contributed by atoms with E-state index in [4.69, 9.17) is 4.98 Å². The number of nitrogens with one attached hydrogen (secondary N) is 1. The first kappa shape index (κ1) is 14.1. The van der Waals surface area contributed by atoms with E-state index in [0.717, 1.165) is 24.4 Å². The molecule has 1 heterocycles. The quantitative estimate of drug-likeness (QED) is 0.888. The molecule has 110 valence electrons. The van der Waals surface area contributed by atoms with Crippen molar-refractivity contribution in [2.24, 2.45) is 11.3 Å². The lowest BCUT2D eigenvalue weighted by Crippen LogP contribution is -2.27. The van der Waals surface area contributed by atoms with Crippen LogP contribution in [0.15, 0.2) is 36.5 Å². The Balaban J connectivity index is 1.78. The van der Waals surface area contributed by atoms with Crippen LogP contribution in [0.3, 0.4) is 0 Å². The lowest BCUT2D eigenvalue weighted by atomic mass is 9.72. The molecule has 1 aliphatic carbocycles. The maximum Gasteiger partial charge on any atom is 0.227 e. The van der Waals surface area contributed by atoms with Crippen molar-refractivity contribution in [2.45, 2.75) is 40.0 Å². The second-order valence-corrected chi connectivity index (χ2v) is 6.96. The van der Waals surface area contributed by atoms with Crippen LogP contribution in [0.5, 0.6) is 0 Å². The first-order valence-electron chi connectivity index (χ1n) is 7.69. The summed E-state index contributed by atoms with van der Waals surface area (Å²) >= 11 is 0. The smallest absolute Gasteiger partial charge is 0.227 e. The van der Waals surface area contributed by atoms with E-state index in [1.165, 1.54) is 17.7 Å². The van der Waals surface area contributed by atoms with Gasteiger partial charge in [0.15, 0.2) is 0 Å². The Kier molecular flexibility index (Phi) is 3.66. The first-order chi connectivity index (χ1) is 10.0. The van der Waals surface area contributed by atoms with Gasteiger partial charge in [0.05, 0.1) is 0 Å². The molecule has 1 unspecified atom stereocenters. The van der Waals surface area contributed by atoms with E-state index in [1.807, 2.05) is 36.5 Å². The number of aryl methyl sites for hydroxylation is 1. The van der Waals surface area contributed by atoms with Gasteiger partial charge >= 0.3 is 0 Å². The Labute approximate surface area is 126 Å². The minimum atomic E-state index is 0.360. The van der Waals surface area contributed by atoms with Crippen LogP contribution < -0.4 is 5.32 Å². The minimum Gasteiger partial charge on any atom is -0.324 e. The molecule has 1 aromatic carbocycles. The standard InChI is InChI=1S/C18H23N3/c1-18(2,3)14-9-10-16-13(11-14)12-19-17(21-16)20-15-7-5-4-6-8-15/h4-8,12,14H,9-11H2,1-3H3,(H,19,20,21). The monoisotopic (exact) mass is 281 g/mol. The van der Waals surface area contributed by atoms with E-state index in [1.54, 1.807) is 0 Å². The summed E-state index contributed by atoms with van der Waals surface area (Å²) in [5.74, 6) is 1.43. The number of anilines is 2. The fourth-order valence-corrected chi connectivity index (χ4v) is 2.96. The number of hydrogen-bond donors (Lipinski definition) is 1. The molecule has 0 radical (unpaired) electrons. The van der Waals surface area contributed by atoms with Gasteiger partial charge in [-0.25, -0.2) is 9.97 Å². The highest BCUT2D eigenvalue weighted by Crippen LogP contribution is 2.36. The second-order valence-electron chi connectivity index (χ2n) is 6.96. The maximum atomic E-state index is 4.70. The van der Waals surface area contributed by atoms with Gasteiger partial charge in [0.25, 0.3) is 0 Å². The van der Waals surface area contributed by atoms with E-state index in [9.17, 15) is 0 Å². The van der Waals surface area contributed by atoms with Gasteiger partial charge < -0.3 is 5.32 Å². The predicted octanol–water partition coefficient (Wildman–Crippen LogP) is 4.37. The summed E-state index contributed by atoms with van der Waals surface area (Å²) in [7, 11) is 0. The SMILES string of the molecule is CC(C)(C)C1CCc2nc(Nc3ccccc3)ncc2C1. The number of benzene rings is 1. The topological polar surface area (TPSA) is 37.8 Å². The molecular weight excluding hydrogens is 258 g/mol. The molecule has 0 bridgehead atoms. The summed E-state index contributed by atoms with van der Waals surface area (Å²) in [6.07, 6.45) is 5.39. The molecule has 1 N–H and O–H groups in total. The van der Waals surface area contributed by atoms with Crippen molar-refractivity contribution in [3.05, 3.63) is 47.8 Å². The summed E-state index contributed by atoms with van der Waals surface area (Å²) in [5, 5.41) is 3.27. The molecule has 0 saturated heterocycles. The van der Waals surface area contributed by atoms with E-state index >= 15 is 0 Å². The normalized spacial score (nSPS) is 18.1. The van der Waals surface area contributed by atoms with Crippen molar-refractivity contribution in [3.63, 3.8) is 0 Å². The van der Waals surface area contributed by atoms with E-state index in [2.05, 4.69) is 31.1 Å². The molecule has 0 aliphatic heterocycles. The molecule has 3 rings (SSSR count). The van der Waals surface area contributed by atoms with Crippen LogP contribution >= 0.6 is 0 Å². The average Bonchev–Trinajstić information content (AvgIpc) is 2.47. The van der Waals surface area contributed by atoms with Crippen LogP contribution in [0, 0.1) is 11.3 Å². The number of aromatic nitrogens is 2. The molecule has 3 heteroatoms. The van der Waals surface area contributed by atoms with E-state index < -0.39 is 0 Å². The third kappa shape index (κ3) is 3.23. The molecular formula is C18H23N3. The molecule has 21 heavy (non-hydrogen) atoms. The van der Waals surface area contributed by atoms with Crippen molar-refractivity contribution in [3.8, 4) is 0 Å². The lowest BCUT2D eigenvalue weighted by molar-refractivity contribution is 0.214. The highest BCUT2D eigenvalue weighted by Gasteiger charge is 2.29. The van der Waals surface area contributed by atoms with Gasteiger partial charge in [-0.2, -0.15) is 0 Å². The summed E-state index contributed by atoms with van der Waals surface area (Å²) in [4.78, 5) is 9.18. The van der Waals surface area contributed by atoms with Gasteiger partial charge in [-0.05, 0) is 48.3 Å². The van der Waals surface area contributed by atoms with Gasteiger partial charge in [0.2, 0.25) is 5.95 Å². The molecule has 1 aliphatic rings. The second kappa shape index (κ2) is 5.47. The van der Waals surface area contributed by atoms with Crippen LogP contribution in [0.4, 0.5) is 11.6 Å². The van der Waals surface area contributed by atoms with Crippen LogP contribution in [-0.4, -0.2) is 9.97 Å². The number of nitrogens with zero attached hydrogens (tertiary/aromatic N) is 2. The van der Waals surface area contributed by atoms with E-state index in [-0.39, 0.29) is 0 Å². The Morgan fingerprint density at radius 3 is 2.62 bits per heavy atom. The van der Waals surface area contributed by atoms with Crippen molar-refractivity contribution < 1.29 is 0 Å². The van der Waals surface area contributed by atoms with Gasteiger partial charge in [-0.15, -0.1) is 0 Å². The summed E-state index contributed by atoms with van der Waals surface area (Å²) < 4.78 is 0. The van der Waals surface area contributed by atoms with E-state index in [0.29, 0.717) is 11.4 Å².